The topological polar surface area (TPSA) is 48.0 Å². The van der Waals surface area contributed by atoms with Gasteiger partial charge in [-0.25, -0.2) is 4.79 Å². The zero-order valence-corrected chi connectivity index (χ0v) is 24.2. The standard InChI is InChI=1S/C37H33NO4/c1-26-5-15-31(16-6-26)38(32-17-7-27(2)8-18-32)33-19-9-28(10-20-33)25-36(29-11-21-34(40-3)22-12-29)30-13-23-35(24-14-30)42-37(39)41-4/h5-25H,1-4H3. The molecule has 0 bridgehead atoms. The van der Waals surface area contributed by atoms with E-state index in [0.29, 0.717) is 5.75 Å². The summed E-state index contributed by atoms with van der Waals surface area (Å²) in [6.07, 6.45) is 1.41. The molecule has 0 radical (unpaired) electrons. The minimum Gasteiger partial charge on any atom is -0.497 e. The van der Waals surface area contributed by atoms with Crippen LogP contribution in [-0.2, 0) is 4.74 Å². The fraction of sp³-hybridized carbons (Fsp3) is 0.108. The molecule has 0 aliphatic carbocycles. The number of methoxy groups -OCH3 is 2. The van der Waals surface area contributed by atoms with E-state index in [9.17, 15) is 4.79 Å². The van der Waals surface area contributed by atoms with Crippen LogP contribution in [0.15, 0.2) is 121 Å². The Balaban J connectivity index is 1.52. The minimum absolute atomic E-state index is 0.413. The van der Waals surface area contributed by atoms with Gasteiger partial charge in [-0.15, -0.1) is 0 Å². The molecule has 42 heavy (non-hydrogen) atoms. The van der Waals surface area contributed by atoms with Crippen molar-refractivity contribution in [2.75, 3.05) is 19.1 Å². The molecular weight excluding hydrogens is 522 g/mol. The molecule has 0 heterocycles. The summed E-state index contributed by atoms with van der Waals surface area (Å²) >= 11 is 0. The molecule has 0 aliphatic heterocycles. The van der Waals surface area contributed by atoms with Crippen LogP contribution in [0.1, 0.15) is 27.8 Å². The third-order valence-corrected chi connectivity index (χ3v) is 6.98. The van der Waals surface area contributed by atoms with E-state index in [-0.39, 0.29) is 0 Å². The first-order valence-corrected chi connectivity index (χ1v) is 13.7. The Labute approximate surface area is 247 Å². The van der Waals surface area contributed by atoms with Gasteiger partial charge in [0.2, 0.25) is 0 Å². The van der Waals surface area contributed by atoms with Gasteiger partial charge in [-0.3, -0.25) is 0 Å². The van der Waals surface area contributed by atoms with E-state index < -0.39 is 6.16 Å². The third kappa shape index (κ3) is 6.70. The summed E-state index contributed by atoms with van der Waals surface area (Å²) in [5.74, 6) is 1.20. The second kappa shape index (κ2) is 12.9. The second-order valence-corrected chi connectivity index (χ2v) is 9.97. The molecule has 0 N–H and O–H groups in total. The van der Waals surface area contributed by atoms with Gasteiger partial charge in [0.05, 0.1) is 14.2 Å². The van der Waals surface area contributed by atoms with Crippen LogP contribution >= 0.6 is 0 Å². The van der Waals surface area contributed by atoms with Gasteiger partial charge in [0.1, 0.15) is 11.5 Å². The predicted molar refractivity (Wildman–Crippen MR) is 170 cm³/mol. The molecule has 5 aromatic carbocycles. The highest BCUT2D eigenvalue weighted by Gasteiger charge is 2.13. The Morgan fingerprint density at radius 2 is 1.00 bits per heavy atom. The lowest BCUT2D eigenvalue weighted by atomic mass is 9.95. The highest BCUT2D eigenvalue weighted by molar-refractivity contribution is 5.92. The fourth-order valence-electron chi connectivity index (χ4n) is 4.67. The van der Waals surface area contributed by atoms with Gasteiger partial charge in [-0.2, -0.15) is 0 Å². The summed E-state index contributed by atoms with van der Waals surface area (Å²) < 4.78 is 15.2. The molecule has 5 rings (SSSR count). The SMILES string of the molecule is COC(=O)Oc1ccc(C(=Cc2ccc(N(c3ccc(C)cc3)c3ccc(C)cc3)cc2)c2ccc(OC)cc2)cc1. The van der Waals surface area contributed by atoms with Crippen molar-refractivity contribution >= 4 is 34.9 Å². The molecule has 210 valence electrons. The number of carbonyl (C=O) groups is 1. The third-order valence-electron chi connectivity index (χ3n) is 6.98. The van der Waals surface area contributed by atoms with Gasteiger partial charge in [-0.05, 0) is 103 Å². The Morgan fingerprint density at radius 3 is 1.43 bits per heavy atom. The first kappa shape index (κ1) is 28.2. The van der Waals surface area contributed by atoms with Crippen molar-refractivity contribution in [2.45, 2.75) is 13.8 Å². The average Bonchev–Trinajstić information content (AvgIpc) is 3.03. The van der Waals surface area contributed by atoms with Crippen molar-refractivity contribution in [3.63, 3.8) is 0 Å². The summed E-state index contributed by atoms with van der Waals surface area (Å²) in [6.45, 7) is 4.20. The van der Waals surface area contributed by atoms with Crippen molar-refractivity contribution in [1.29, 1.82) is 0 Å². The predicted octanol–water partition coefficient (Wildman–Crippen LogP) is 9.52. The van der Waals surface area contributed by atoms with Gasteiger partial charge in [0.25, 0.3) is 0 Å². The monoisotopic (exact) mass is 555 g/mol. The number of anilines is 3. The first-order chi connectivity index (χ1) is 20.4. The van der Waals surface area contributed by atoms with Gasteiger partial charge in [0.15, 0.2) is 0 Å². The maximum absolute atomic E-state index is 11.5. The van der Waals surface area contributed by atoms with E-state index >= 15 is 0 Å². The van der Waals surface area contributed by atoms with E-state index in [1.165, 1.54) is 18.2 Å². The summed E-state index contributed by atoms with van der Waals surface area (Å²) in [7, 11) is 2.94. The molecule has 0 atom stereocenters. The van der Waals surface area contributed by atoms with E-state index in [1.807, 2.05) is 36.4 Å². The van der Waals surface area contributed by atoms with Crippen LogP contribution in [0.5, 0.6) is 11.5 Å². The maximum atomic E-state index is 11.5. The van der Waals surface area contributed by atoms with Crippen LogP contribution < -0.4 is 14.4 Å². The molecule has 5 nitrogen and oxygen atoms in total. The van der Waals surface area contributed by atoms with Crippen LogP contribution in [0.4, 0.5) is 21.9 Å². The normalized spacial score (nSPS) is 11.1. The Hall–Kier alpha value is -5.29. The van der Waals surface area contributed by atoms with Gasteiger partial charge < -0.3 is 19.1 Å². The largest absolute Gasteiger partial charge is 0.513 e. The van der Waals surface area contributed by atoms with Crippen molar-refractivity contribution in [3.8, 4) is 11.5 Å². The fourth-order valence-corrected chi connectivity index (χ4v) is 4.67. The van der Waals surface area contributed by atoms with Crippen LogP contribution in [0.25, 0.3) is 11.6 Å². The molecule has 5 aromatic rings. The maximum Gasteiger partial charge on any atom is 0.513 e. The summed E-state index contributed by atoms with van der Waals surface area (Å²) in [5.41, 5.74) is 9.77. The van der Waals surface area contributed by atoms with Gasteiger partial charge >= 0.3 is 6.16 Å². The molecule has 0 fully saturated rings. The summed E-state index contributed by atoms with van der Waals surface area (Å²) in [6, 6.07) is 41.0. The number of ether oxygens (including phenoxy) is 3. The minimum atomic E-state index is -0.751. The van der Waals surface area contributed by atoms with Crippen LogP contribution in [-0.4, -0.2) is 20.4 Å². The summed E-state index contributed by atoms with van der Waals surface area (Å²) in [5, 5.41) is 0. The number of hydrogen-bond donors (Lipinski definition) is 0. The highest BCUT2D eigenvalue weighted by atomic mass is 16.7. The van der Waals surface area contributed by atoms with Crippen LogP contribution in [0.2, 0.25) is 0 Å². The van der Waals surface area contributed by atoms with Crippen LogP contribution in [0.3, 0.4) is 0 Å². The smallest absolute Gasteiger partial charge is 0.497 e. The lowest BCUT2D eigenvalue weighted by molar-refractivity contribution is 0.121. The molecule has 0 aromatic heterocycles. The Bertz CT molecular complexity index is 1610. The number of rotatable bonds is 8. The molecule has 0 saturated carbocycles. The highest BCUT2D eigenvalue weighted by Crippen LogP contribution is 2.36. The quantitative estimate of drug-likeness (QED) is 0.108. The van der Waals surface area contributed by atoms with Crippen molar-refractivity contribution in [1.82, 2.24) is 0 Å². The zero-order chi connectivity index (χ0) is 29.5. The first-order valence-electron chi connectivity index (χ1n) is 13.7. The number of carbonyl (C=O) groups excluding carboxylic acids is 1. The molecule has 0 aliphatic rings. The van der Waals surface area contributed by atoms with Crippen molar-refractivity contribution < 1.29 is 19.0 Å². The zero-order valence-electron chi connectivity index (χ0n) is 24.2. The van der Waals surface area contributed by atoms with Crippen LogP contribution in [0, 0.1) is 13.8 Å². The van der Waals surface area contributed by atoms with E-state index in [4.69, 9.17) is 9.47 Å². The van der Waals surface area contributed by atoms with E-state index in [1.54, 1.807) is 19.2 Å². The molecule has 0 unspecified atom stereocenters. The van der Waals surface area contributed by atoms with Gasteiger partial charge in [-0.1, -0.05) is 71.8 Å². The van der Waals surface area contributed by atoms with Gasteiger partial charge in [0, 0.05) is 17.1 Å². The molecule has 0 saturated heterocycles. The number of hydrogen-bond acceptors (Lipinski definition) is 5. The second-order valence-electron chi connectivity index (χ2n) is 9.97. The molecular formula is C37H33NO4. The molecule has 0 amide bonds. The average molecular weight is 556 g/mol. The molecule has 0 spiro atoms. The van der Waals surface area contributed by atoms with E-state index in [0.717, 1.165) is 45.1 Å². The lowest BCUT2D eigenvalue weighted by Gasteiger charge is -2.26. The Kier molecular flexibility index (Phi) is 8.69. The van der Waals surface area contributed by atoms with Crippen molar-refractivity contribution in [2.24, 2.45) is 0 Å². The van der Waals surface area contributed by atoms with E-state index in [2.05, 4.69) is 102 Å². The Morgan fingerprint density at radius 1 is 0.571 bits per heavy atom. The summed E-state index contributed by atoms with van der Waals surface area (Å²) in [4.78, 5) is 13.8. The number of nitrogens with zero attached hydrogens (tertiary/aromatic N) is 1. The molecule has 5 heteroatoms. The lowest BCUT2D eigenvalue weighted by Crippen LogP contribution is -2.09. The number of aryl methyl sites for hydroxylation is 2. The number of benzene rings is 5. The van der Waals surface area contributed by atoms with Crippen molar-refractivity contribution in [3.05, 3.63) is 149 Å².